The minimum Gasteiger partial charge on any atom is -0.368 e. The van der Waals surface area contributed by atoms with Crippen molar-refractivity contribution in [3.05, 3.63) is 108 Å². The number of nitrogens with two attached hydrogens (primary N) is 1. The quantitative estimate of drug-likeness (QED) is 0.549. The van der Waals surface area contributed by atoms with Gasteiger partial charge in [0, 0.05) is 12.8 Å². The summed E-state index contributed by atoms with van der Waals surface area (Å²) in [4.78, 5) is 38.9. The molecule has 1 aliphatic carbocycles. The molecule has 0 saturated heterocycles. The Bertz CT molecular complexity index is 1020. The molecule has 3 aromatic carbocycles. The standard InChI is InChI=1S/C28H28N2O3/c29-26(32)25(20-11-10-18-24(31)19-20)30-27(33)28(21-12-4-1-5-13-21,22-14-6-2-7-15-22)23-16-8-3-9-17-23/h1-9,12-17,20,25H,10-11,18-19H2,(H2,29,32)(H,30,33)/t20-,25+/m0/s1. The normalized spacial score (nSPS) is 17.2. The third kappa shape index (κ3) is 4.44. The summed E-state index contributed by atoms with van der Waals surface area (Å²) >= 11 is 0. The number of primary amides is 1. The lowest BCUT2D eigenvalue weighted by molar-refractivity contribution is -0.132. The molecular formula is C28H28N2O3. The van der Waals surface area contributed by atoms with E-state index < -0.39 is 17.4 Å². The van der Waals surface area contributed by atoms with Crippen LogP contribution in [0.3, 0.4) is 0 Å². The van der Waals surface area contributed by atoms with Crippen molar-refractivity contribution < 1.29 is 14.4 Å². The predicted molar refractivity (Wildman–Crippen MR) is 127 cm³/mol. The molecular weight excluding hydrogens is 412 g/mol. The Morgan fingerprint density at radius 3 is 1.67 bits per heavy atom. The Balaban J connectivity index is 1.86. The summed E-state index contributed by atoms with van der Waals surface area (Å²) in [5.74, 6) is -1.15. The summed E-state index contributed by atoms with van der Waals surface area (Å²) in [5, 5.41) is 2.98. The Labute approximate surface area is 194 Å². The Morgan fingerprint density at radius 2 is 1.27 bits per heavy atom. The van der Waals surface area contributed by atoms with Gasteiger partial charge in [-0.25, -0.2) is 0 Å². The van der Waals surface area contributed by atoms with E-state index in [-0.39, 0.29) is 24.0 Å². The number of carbonyl (C=O) groups is 3. The number of hydrogen-bond acceptors (Lipinski definition) is 3. The number of nitrogens with one attached hydrogen (secondary N) is 1. The summed E-state index contributed by atoms with van der Waals surface area (Å²) in [6.45, 7) is 0. The largest absolute Gasteiger partial charge is 0.368 e. The summed E-state index contributed by atoms with van der Waals surface area (Å²) in [6.07, 6.45) is 2.14. The van der Waals surface area contributed by atoms with Crippen LogP contribution in [-0.4, -0.2) is 23.6 Å². The molecule has 1 fully saturated rings. The first-order valence-electron chi connectivity index (χ1n) is 11.3. The molecule has 1 aliphatic rings. The van der Waals surface area contributed by atoms with E-state index in [0.29, 0.717) is 19.3 Å². The van der Waals surface area contributed by atoms with Gasteiger partial charge in [-0.3, -0.25) is 14.4 Å². The number of ketones is 1. The smallest absolute Gasteiger partial charge is 0.240 e. The zero-order valence-corrected chi connectivity index (χ0v) is 18.4. The lowest BCUT2D eigenvalue weighted by atomic mass is 9.68. The SMILES string of the molecule is NC(=O)[C@H](NC(=O)C(c1ccccc1)(c1ccccc1)c1ccccc1)[C@H]1CCCC(=O)C1. The lowest BCUT2D eigenvalue weighted by Gasteiger charge is -2.37. The molecule has 5 nitrogen and oxygen atoms in total. The minimum atomic E-state index is -1.20. The van der Waals surface area contributed by atoms with E-state index in [1.807, 2.05) is 91.0 Å². The van der Waals surface area contributed by atoms with E-state index >= 15 is 0 Å². The summed E-state index contributed by atoms with van der Waals surface area (Å²) < 4.78 is 0. The molecule has 168 valence electrons. The van der Waals surface area contributed by atoms with Gasteiger partial charge in [0.05, 0.1) is 0 Å². The molecule has 4 rings (SSSR count). The first-order chi connectivity index (χ1) is 16.0. The molecule has 1 saturated carbocycles. The second kappa shape index (κ2) is 9.82. The van der Waals surface area contributed by atoms with Crippen molar-refractivity contribution in [3.8, 4) is 0 Å². The number of hydrogen-bond donors (Lipinski definition) is 2. The van der Waals surface area contributed by atoms with Gasteiger partial charge in [-0.05, 0) is 35.4 Å². The van der Waals surface area contributed by atoms with Gasteiger partial charge in [-0.2, -0.15) is 0 Å². The molecule has 0 aliphatic heterocycles. The Kier molecular flexibility index (Phi) is 6.68. The Hall–Kier alpha value is -3.73. The van der Waals surface area contributed by atoms with Gasteiger partial charge in [-0.15, -0.1) is 0 Å². The van der Waals surface area contributed by atoms with E-state index in [4.69, 9.17) is 5.73 Å². The highest BCUT2D eigenvalue weighted by Crippen LogP contribution is 2.40. The average Bonchev–Trinajstić information content (AvgIpc) is 2.85. The molecule has 0 heterocycles. The van der Waals surface area contributed by atoms with Crippen LogP contribution in [-0.2, 0) is 19.8 Å². The van der Waals surface area contributed by atoms with Gasteiger partial charge in [0.25, 0.3) is 0 Å². The van der Waals surface area contributed by atoms with Crippen LogP contribution in [0.1, 0.15) is 42.4 Å². The zero-order chi connectivity index (χ0) is 23.3. The second-order valence-electron chi connectivity index (χ2n) is 8.60. The van der Waals surface area contributed by atoms with E-state index in [1.54, 1.807) is 0 Å². The highest BCUT2D eigenvalue weighted by molar-refractivity contribution is 5.99. The summed E-state index contributed by atoms with van der Waals surface area (Å²) in [5.41, 5.74) is 6.90. The molecule has 2 atom stereocenters. The molecule has 2 amide bonds. The van der Waals surface area contributed by atoms with Crippen LogP contribution in [0.25, 0.3) is 0 Å². The van der Waals surface area contributed by atoms with Crippen molar-refractivity contribution in [3.63, 3.8) is 0 Å². The van der Waals surface area contributed by atoms with Gasteiger partial charge in [0.1, 0.15) is 17.2 Å². The molecule has 0 bridgehead atoms. The van der Waals surface area contributed by atoms with Crippen LogP contribution in [0.5, 0.6) is 0 Å². The first kappa shape index (κ1) is 22.5. The first-order valence-corrected chi connectivity index (χ1v) is 11.3. The maximum absolute atomic E-state index is 14.3. The van der Waals surface area contributed by atoms with Crippen molar-refractivity contribution in [1.82, 2.24) is 5.32 Å². The monoisotopic (exact) mass is 440 g/mol. The summed E-state index contributed by atoms with van der Waals surface area (Å²) in [6, 6.07) is 27.7. The number of amides is 2. The van der Waals surface area contributed by atoms with Crippen molar-refractivity contribution in [2.75, 3.05) is 0 Å². The van der Waals surface area contributed by atoms with Crippen molar-refractivity contribution in [2.45, 2.75) is 37.1 Å². The topological polar surface area (TPSA) is 89.3 Å². The van der Waals surface area contributed by atoms with Crippen LogP contribution < -0.4 is 11.1 Å². The van der Waals surface area contributed by atoms with E-state index in [0.717, 1.165) is 16.7 Å². The molecule has 33 heavy (non-hydrogen) atoms. The number of benzene rings is 3. The molecule has 0 spiro atoms. The number of Topliss-reactive ketones (excluding diaryl/α,β-unsaturated/α-hetero) is 1. The van der Waals surface area contributed by atoms with Crippen LogP contribution in [0, 0.1) is 5.92 Å². The van der Waals surface area contributed by atoms with Crippen molar-refractivity contribution in [1.29, 1.82) is 0 Å². The highest BCUT2D eigenvalue weighted by atomic mass is 16.2. The highest BCUT2D eigenvalue weighted by Gasteiger charge is 2.46. The van der Waals surface area contributed by atoms with Crippen LogP contribution in [0.4, 0.5) is 0 Å². The second-order valence-corrected chi connectivity index (χ2v) is 8.60. The molecule has 3 aromatic rings. The maximum atomic E-state index is 14.3. The van der Waals surface area contributed by atoms with Gasteiger partial charge in [0.15, 0.2) is 0 Å². The zero-order valence-electron chi connectivity index (χ0n) is 18.4. The van der Waals surface area contributed by atoms with Crippen LogP contribution in [0.2, 0.25) is 0 Å². The fourth-order valence-electron chi connectivity index (χ4n) is 4.97. The fraction of sp³-hybridized carbons (Fsp3) is 0.250. The Morgan fingerprint density at radius 1 is 0.818 bits per heavy atom. The third-order valence-electron chi connectivity index (χ3n) is 6.55. The molecule has 5 heteroatoms. The molecule has 0 unspecified atom stereocenters. The molecule has 0 aromatic heterocycles. The van der Waals surface area contributed by atoms with E-state index in [2.05, 4.69) is 5.32 Å². The minimum absolute atomic E-state index is 0.104. The van der Waals surface area contributed by atoms with E-state index in [1.165, 1.54) is 0 Å². The van der Waals surface area contributed by atoms with Gasteiger partial charge >= 0.3 is 0 Å². The molecule has 0 radical (unpaired) electrons. The van der Waals surface area contributed by atoms with Crippen LogP contribution >= 0.6 is 0 Å². The number of rotatable bonds is 7. The van der Waals surface area contributed by atoms with Gasteiger partial charge in [0.2, 0.25) is 11.8 Å². The number of carbonyl (C=O) groups excluding carboxylic acids is 3. The predicted octanol–water partition coefficient (Wildman–Crippen LogP) is 3.75. The summed E-state index contributed by atoms with van der Waals surface area (Å²) in [7, 11) is 0. The third-order valence-corrected chi connectivity index (χ3v) is 6.55. The lowest BCUT2D eigenvalue weighted by Crippen LogP contribution is -2.56. The maximum Gasteiger partial charge on any atom is 0.240 e. The van der Waals surface area contributed by atoms with Crippen molar-refractivity contribution >= 4 is 17.6 Å². The molecule has 3 N–H and O–H groups in total. The fourth-order valence-corrected chi connectivity index (χ4v) is 4.97. The average molecular weight is 441 g/mol. The van der Waals surface area contributed by atoms with Gasteiger partial charge < -0.3 is 11.1 Å². The van der Waals surface area contributed by atoms with Crippen molar-refractivity contribution in [2.24, 2.45) is 11.7 Å². The van der Waals surface area contributed by atoms with Gasteiger partial charge in [-0.1, -0.05) is 91.0 Å². The van der Waals surface area contributed by atoms with Crippen LogP contribution in [0.15, 0.2) is 91.0 Å². The van der Waals surface area contributed by atoms with E-state index in [9.17, 15) is 14.4 Å².